The van der Waals surface area contributed by atoms with Crippen LogP contribution < -0.4 is 0 Å². The van der Waals surface area contributed by atoms with Gasteiger partial charge in [-0.1, -0.05) is 17.1 Å². The number of aromatic nitrogens is 1. The third-order valence-electron chi connectivity index (χ3n) is 2.28. The van der Waals surface area contributed by atoms with Gasteiger partial charge in [-0.25, -0.2) is 0 Å². The number of rotatable bonds is 3. The molecular weight excluding hydrogens is 290 g/mol. The van der Waals surface area contributed by atoms with Crippen molar-refractivity contribution in [2.75, 3.05) is 5.75 Å². The molecule has 0 aliphatic rings. The van der Waals surface area contributed by atoms with Gasteiger partial charge in [0.1, 0.15) is 0 Å². The van der Waals surface area contributed by atoms with Crippen molar-refractivity contribution in [3.05, 3.63) is 40.5 Å². The summed E-state index contributed by atoms with van der Waals surface area (Å²) >= 11 is 1.45. The number of benzene rings is 1. The minimum Gasteiger partial charge on any atom is -0.772 e. The molecule has 0 saturated carbocycles. The summed E-state index contributed by atoms with van der Waals surface area (Å²) in [4.78, 5) is 4.25. The molecule has 0 aliphatic heterocycles. The van der Waals surface area contributed by atoms with Gasteiger partial charge in [-0.15, -0.1) is 0 Å². The number of hydrogen-bond acceptors (Lipinski definition) is 3. The van der Waals surface area contributed by atoms with E-state index in [1.807, 2.05) is 24.3 Å². The Morgan fingerprint density at radius 3 is 3.00 bits per heavy atom. The zero-order valence-electron chi connectivity index (χ0n) is 8.35. The van der Waals surface area contributed by atoms with Crippen LogP contribution in [-0.2, 0) is 17.5 Å². The maximum Gasteiger partial charge on any atom is 0.0844 e. The maximum absolute atomic E-state index is 10.5. The average Bonchev–Trinajstić information content (AvgIpc) is 2.26. The van der Waals surface area contributed by atoms with E-state index in [4.69, 9.17) is 0 Å². The lowest BCUT2D eigenvalue weighted by atomic mass is 10.1. The van der Waals surface area contributed by atoms with Crippen LogP contribution in [0.15, 0.2) is 34.9 Å². The van der Waals surface area contributed by atoms with Gasteiger partial charge in [0.05, 0.1) is 5.52 Å². The summed E-state index contributed by atoms with van der Waals surface area (Å²) < 4.78 is 21.9. The Bertz CT molecular complexity index is 544. The van der Waals surface area contributed by atoms with Gasteiger partial charge < -0.3 is 4.55 Å². The van der Waals surface area contributed by atoms with E-state index < -0.39 is 11.1 Å². The third kappa shape index (κ3) is 2.66. The van der Waals surface area contributed by atoms with Crippen LogP contribution in [0, 0.1) is 0 Å². The molecule has 16 heavy (non-hydrogen) atoms. The fourth-order valence-electron chi connectivity index (χ4n) is 1.55. The molecule has 0 bridgehead atoms. The number of nitrogens with zero attached hydrogens (tertiary/aromatic N) is 1. The topological polar surface area (TPSA) is 53.0 Å². The van der Waals surface area contributed by atoms with E-state index in [-0.39, 0.29) is 5.75 Å². The lowest BCUT2D eigenvalue weighted by Gasteiger charge is -2.07. The summed E-state index contributed by atoms with van der Waals surface area (Å²) in [5.74, 6) is 0.151. The molecule has 0 spiro atoms. The average molecular weight is 299 g/mol. The Morgan fingerprint density at radius 2 is 2.25 bits per heavy atom. The summed E-state index contributed by atoms with van der Waals surface area (Å²) in [6, 6.07) is 7.72. The second-order valence-corrected chi connectivity index (χ2v) is 5.28. The molecule has 1 unspecified atom stereocenters. The summed E-state index contributed by atoms with van der Waals surface area (Å²) in [6.07, 6.45) is 2.26. The summed E-state index contributed by atoms with van der Waals surface area (Å²) in [5, 5.41) is 1.02. The van der Waals surface area contributed by atoms with E-state index in [0.29, 0.717) is 6.42 Å². The molecule has 2 aromatic rings. The van der Waals surface area contributed by atoms with Crippen molar-refractivity contribution >= 4 is 37.9 Å². The van der Waals surface area contributed by atoms with Crippen LogP contribution in [0.2, 0.25) is 0 Å². The van der Waals surface area contributed by atoms with Gasteiger partial charge in [0.15, 0.2) is 0 Å². The molecular formula is C11H9BrNO2S-. The SMILES string of the molecule is O=S([O-])CCc1cc(Br)c2ncccc2c1. The van der Waals surface area contributed by atoms with Crippen LogP contribution >= 0.6 is 15.9 Å². The Morgan fingerprint density at radius 1 is 1.44 bits per heavy atom. The highest BCUT2D eigenvalue weighted by Crippen LogP contribution is 2.24. The molecule has 84 valence electrons. The van der Waals surface area contributed by atoms with Crippen molar-refractivity contribution < 1.29 is 8.76 Å². The Kier molecular flexibility index (Phi) is 3.68. The van der Waals surface area contributed by atoms with Gasteiger partial charge in [-0.05, 0) is 46.1 Å². The van der Waals surface area contributed by atoms with Gasteiger partial charge in [0.25, 0.3) is 0 Å². The number of pyridine rings is 1. The highest BCUT2D eigenvalue weighted by atomic mass is 79.9. The number of hydrogen-bond donors (Lipinski definition) is 0. The first-order valence-corrected chi connectivity index (χ1v) is 6.79. The van der Waals surface area contributed by atoms with Crippen molar-refractivity contribution in [2.45, 2.75) is 6.42 Å². The molecule has 5 heteroatoms. The summed E-state index contributed by atoms with van der Waals surface area (Å²) in [6.45, 7) is 0. The van der Waals surface area contributed by atoms with E-state index >= 15 is 0 Å². The van der Waals surface area contributed by atoms with Gasteiger partial charge >= 0.3 is 0 Å². The number of aryl methyl sites for hydroxylation is 1. The molecule has 1 heterocycles. The molecule has 1 aromatic carbocycles. The van der Waals surface area contributed by atoms with Gasteiger partial charge in [0, 0.05) is 21.8 Å². The second-order valence-electron chi connectivity index (χ2n) is 3.41. The quantitative estimate of drug-likeness (QED) is 0.818. The largest absolute Gasteiger partial charge is 0.772 e. The molecule has 1 aromatic heterocycles. The summed E-state index contributed by atoms with van der Waals surface area (Å²) in [7, 11) is 0. The number of halogens is 1. The predicted octanol–water partition coefficient (Wildman–Crippen LogP) is 2.42. The molecule has 1 atom stereocenters. The van der Waals surface area contributed by atoms with Crippen molar-refractivity contribution in [1.82, 2.24) is 4.98 Å². The van der Waals surface area contributed by atoms with Crippen LogP contribution in [0.1, 0.15) is 5.56 Å². The van der Waals surface area contributed by atoms with Crippen molar-refractivity contribution in [1.29, 1.82) is 0 Å². The molecule has 3 nitrogen and oxygen atoms in total. The summed E-state index contributed by atoms with van der Waals surface area (Å²) in [5.41, 5.74) is 1.89. The lowest BCUT2D eigenvalue weighted by molar-refractivity contribution is 0.536. The van der Waals surface area contributed by atoms with Crippen LogP contribution in [-0.4, -0.2) is 19.5 Å². The Hall–Kier alpha value is -0.780. The molecule has 0 amide bonds. The highest BCUT2D eigenvalue weighted by molar-refractivity contribution is 9.10. The van der Waals surface area contributed by atoms with E-state index in [9.17, 15) is 8.76 Å². The fourth-order valence-corrected chi connectivity index (χ4v) is 2.58. The predicted molar refractivity (Wildman–Crippen MR) is 66.9 cm³/mol. The minimum atomic E-state index is -1.99. The van der Waals surface area contributed by atoms with Crippen LogP contribution in [0.4, 0.5) is 0 Å². The molecule has 2 rings (SSSR count). The van der Waals surface area contributed by atoms with Crippen LogP contribution in [0.25, 0.3) is 10.9 Å². The molecule has 0 N–H and O–H groups in total. The van der Waals surface area contributed by atoms with Gasteiger partial charge in [0.2, 0.25) is 0 Å². The normalized spacial score (nSPS) is 12.9. The van der Waals surface area contributed by atoms with Crippen molar-refractivity contribution in [3.8, 4) is 0 Å². The first-order valence-electron chi connectivity index (χ1n) is 4.76. The first kappa shape index (κ1) is 11.7. The Labute approximate surface area is 104 Å². The van der Waals surface area contributed by atoms with E-state index in [2.05, 4.69) is 20.9 Å². The first-order chi connectivity index (χ1) is 7.66. The standard InChI is InChI=1S/C11H10BrNO2S/c12-10-7-8(3-5-16(14)15)6-9-2-1-4-13-11(9)10/h1-2,4,6-7H,3,5H2,(H,14,15)/p-1. The maximum atomic E-state index is 10.5. The van der Waals surface area contributed by atoms with Gasteiger partial charge in [-0.3, -0.25) is 9.19 Å². The molecule has 0 aliphatic carbocycles. The Balaban J connectivity index is 2.38. The van der Waals surface area contributed by atoms with E-state index in [1.54, 1.807) is 6.20 Å². The monoisotopic (exact) mass is 298 g/mol. The zero-order chi connectivity index (χ0) is 11.5. The highest BCUT2D eigenvalue weighted by Gasteiger charge is 2.02. The molecule has 0 saturated heterocycles. The third-order valence-corrected chi connectivity index (χ3v) is 3.42. The fraction of sp³-hybridized carbons (Fsp3) is 0.182. The minimum absolute atomic E-state index is 0.151. The van der Waals surface area contributed by atoms with Crippen LogP contribution in [0.3, 0.4) is 0 Å². The van der Waals surface area contributed by atoms with Crippen LogP contribution in [0.5, 0.6) is 0 Å². The van der Waals surface area contributed by atoms with Crippen molar-refractivity contribution in [2.24, 2.45) is 0 Å². The van der Waals surface area contributed by atoms with Gasteiger partial charge in [-0.2, -0.15) is 0 Å². The van der Waals surface area contributed by atoms with Crippen molar-refractivity contribution in [3.63, 3.8) is 0 Å². The van der Waals surface area contributed by atoms with E-state index in [1.165, 1.54) is 0 Å². The molecule has 0 radical (unpaired) electrons. The lowest BCUT2D eigenvalue weighted by Crippen LogP contribution is -1.99. The van der Waals surface area contributed by atoms with E-state index in [0.717, 1.165) is 20.9 Å². The smallest absolute Gasteiger partial charge is 0.0844 e. The number of fused-ring (bicyclic) bond motifs is 1. The molecule has 0 fully saturated rings. The second kappa shape index (κ2) is 5.03. The zero-order valence-corrected chi connectivity index (χ0v) is 10.8.